The van der Waals surface area contributed by atoms with E-state index in [1.165, 1.54) is 11.3 Å². The van der Waals surface area contributed by atoms with Crippen LogP contribution in [-0.4, -0.2) is 27.7 Å². The van der Waals surface area contributed by atoms with Crippen LogP contribution in [0.3, 0.4) is 0 Å². The summed E-state index contributed by atoms with van der Waals surface area (Å²) in [7, 11) is 0. The van der Waals surface area contributed by atoms with Crippen LogP contribution in [0.25, 0.3) is 0 Å². The van der Waals surface area contributed by atoms with Gasteiger partial charge in [-0.1, -0.05) is 5.16 Å². The van der Waals surface area contributed by atoms with Crippen molar-refractivity contribution in [3.05, 3.63) is 38.9 Å². The second kappa shape index (κ2) is 5.61. The first kappa shape index (κ1) is 14.3. The van der Waals surface area contributed by atoms with Crippen LogP contribution in [0, 0.1) is 13.8 Å². The van der Waals surface area contributed by atoms with E-state index >= 15 is 0 Å². The second-order valence-corrected chi connectivity index (χ2v) is 6.74. The van der Waals surface area contributed by atoms with Crippen molar-refractivity contribution in [2.45, 2.75) is 39.3 Å². The summed E-state index contributed by atoms with van der Waals surface area (Å²) in [5, 5.41) is 13.2. The van der Waals surface area contributed by atoms with E-state index in [9.17, 15) is 4.79 Å². The van der Waals surface area contributed by atoms with E-state index in [4.69, 9.17) is 9.63 Å². The molecule has 0 aromatic carbocycles. The Kier molecular flexibility index (Phi) is 3.82. The maximum absolute atomic E-state index is 11.1. The fourth-order valence-electron chi connectivity index (χ4n) is 2.89. The minimum Gasteiger partial charge on any atom is -0.477 e. The Balaban J connectivity index is 1.79. The van der Waals surface area contributed by atoms with E-state index in [0.717, 1.165) is 47.8 Å². The monoisotopic (exact) mass is 306 g/mol. The largest absolute Gasteiger partial charge is 0.477 e. The number of aromatic nitrogens is 1. The third kappa shape index (κ3) is 2.87. The first-order chi connectivity index (χ1) is 10.0. The van der Waals surface area contributed by atoms with Gasteiger partial charge in [-0.25, -0.2) is 4.79 Å². The molecule has 1 aliphatic rings. The number of likely N-dealkylation sites (tertiary alicyclic amines) is 1. The lowest BCUT2D eigenvalue weighted by molar-refractivity contribution is 0.0702. The van der Waals surface area contributed by atoms with Crippen LogP contribution in [0.4, 0.5) is 0 Å². The number of rotatable bonds is 4. The Labute approximate surface area is 127 Å². The predicted octanol–water partition coefficient (Wildman–Crippen LogP) is 3.39. The smallest absolute Gasteiger partial charge is 0.345 e. The lowest BCUT2D eigenvalue weighted by Gasteiger charge is -2.22. The SMILES string of the molecule is Cc1cc(C2CCCN2Cc2cc(C(=O)O)sc2C)no1. The van der Waals surface area contributed by atoms with Gasteiger partial charge in [-0.2, -0.15) is 0 Å². The molecule has 1 saturated heterocycles. The van der Waals surface area contributed by atoms with E-state index in [0.29, 0.717) is 4.88 Å². The summed E-state index contributed by atoms with van der Waals surface area (Å²) in [6.45, 7) is 5.66. The average Bonchev–Trinajstić information content (AvgIpc) is 3.11. The zero-order chi connectivity index (χ0) is 15.0. The number of thiophene rings is 1. The van der Waals surface area contributed by atoms with Crippen LogP contribution in [0.2, 0.25) is 0 Å². The van der Waals surface area contributed by atoms with Crippen molar-refractivity contribution in [3.63, 3.8) is 0 Å². The molecule has 1 atom stereocenters. The molecule has 6 heteroatoms. The van der Waals surface area contributed by atoms with Crippen LogP contribution in [0.5, 0.6) is 0 Å². The summed E-state index contributed by atoms with van der Waals surface area (Å²) >= 11 is 1.35. The molecular formula is C15H18N2O3S. The summed E-state index contributed by atoms with van der Waals surface area (Å²) in [5.74, 6) is -0.0174. The Morgan fingerprint density at radius 2 is 2.33 bits per heavy atom. The van der Waals surface area contributed by atoms with Crippen molar-refractivity contribution in [2.24, 2.45) is 0 Å². The molecule has 0 spiro atoms. The third-order valence-corrected chi connectivity index (χ3v) is 5.04. The van der Waals surface area contributed by atoms with E-state index in [2.05, 4.69) is 10.1 Å². The molecule has 1 aliphatic heterocycles. The molecule has 0 amide bonds. The Hall–Kier alpha value is -1.66. The maximum atomic E-state index is 11.1. The molecule has 21 heavy (non-hydrogen) atoms. The van der Waals surface area contributed by atoms with Gasteiger partial charge in [0.25, 0.3) is 0 Å². The van der Waals surface area contributed by atoms with E-state index < -0.39 is 5.97 Å². The topological polar surface area (TPSA) is 66.6 Å². The number of hydrogen-bond acceptors (Lipinski definition) is 5. The number of carboxylic acids is 1. The van der Waals surface area contributed by atoms with Crippen LogP contribution in [0.1, 0.15) is 50.4 Å². The van der Waals surface area contributed by atoms with Gasteiger partial charge in [-0.3, -0.25) is 4.90 Å². The molecular weight excluding hydrogens is 288 g/mol. The summed E-state index contributed by atoms with van der Waals surface area (Å²) in [6, 6.07) is 4.06. The number of carbonyl (C=O) groups is 1. The quantitative estimate of drug-likeness (QED) is 0.938. The molecule has 0 saturated carbocycles. The fraction of sp³-hybridized carbons (Fsp3) is 0.467. The molecule has 2 aromatic heterocycles. The molecule has 3 heterocycles. The molecule has 3 rings (SSSR count). The van der Waals surface area contributed by atoms with Crippen LogP contribution >= 0.6 is 11.3 Å². The van der Waals surface area contributed by atoms with Gasteiger partial charge >= 0.3 is 5.97 Å². The summed E-state index contributed by atoms with van der Waals surface area (Å²) in [6.07, 6.45) is 2.20. The van der Waals surface area contributed by atoms with Crippen LogP contribution < -0.4 is 0 Å². The van der Waals surface area contributed by atoms with Crippen LogP contribution in [0.15, 0.2) is 16.7 Å². The highest BCUT2D eigenvalue weighted by atomic mass is 32.1. The molecule has 1 N–H and O–H groups in total. The highest BCUT2D eigenvalue weighted by Gasteiger charge is 2.29. The highest BCUT2D eigenvalue weighted by molar-refractivity contribution is 7.14. The predicted molar refractivity (Wildman–Crippen MR) is 79.6 cm³/mol. The normalized spacial score (nSPS) is 19.2. The fourth-order valence-corrected chi connectivity index (χ4v) is 3.77. The number of aromatic carboxylic acids is 1. The van der Waals surface area contributed by atoms with Gasteiger partial charge in [-0.15, -0.1) is 11.3 Å². The summed E-state index contributed by atoms with van der Waals surface area (Å²) in [4.78, 5) is 14.9. The maximum Gasteiger partial charge on any atom is 0.345 e. The van der Waals surface area contributed by atoms with E-state index in [1.54, 1.807) is 6.07 Å². The van der Waals surface area contributed by atoms with Crippen molar-refractivity contribution < 1.29 is 14.4 Å². The number of nitrogens with zero attached hydrogens (tertiary/aromatic N) is 2. The molecule has 0 aliphatic carbocycles. The Morgan fingerprint density at radius 3 is 2.95 bits per heavy atom. The standard InChI is InChI=1S/C15H18N2O3S/c1-9-6-12(16-20-9)13-4-3-5-17(13)8-11-7-14(15(18)19)21-10(11)2/h6-7,13H,3-5,8H2,1-2H3,(H,18,19). The minimum atomic E-state index is -0.848. The number of carboxylic acid groups (broad SMARTS) is 1. The molecule has 0 radical (unpaired) electrons. The molecule has 0 bridgehead atoms. The molecule has 2 aromatic rings. The van der Waals surface area contributed by atoms with Crippen molar-refractivity contribution in [3.8, 4) is 0 Å². The van der Waals surface area contributed by atoms with Crippen LogP contribution in [-0.2, 0) is 6.54 Å². The summed E-state index contributed by atoms with van der Waals surface area (Å²) in [5.41, 5.74) is 2.08. The number of aryl methyl sites for hydroxylation is 2. The zero-order valence-corrected chi connectivity index (χ0v) is 12.9. The first-order valence-electron chi connectivity index (χ1n) is 7.04. The molecule has 1 unspecified atom stereocenters. The van der Waals surface area contributed by atoms with Crippen molar-refractivity contribution in [1.29, 1.82) is 0 Å². The molecule has 112 valence electrons. The van der Waals surface area contributed by atoms with Gasteiger partial charge in [0.2, 0.25) is 0 Å². The Morgan fingerprint density at radius 1 is 1.52 bits per heavy atom. The van der Waals surface area contributed by atoms with Gasteiger partial charge in [0.15, 0.2) is 0 Å². The van der Waals surface area contributed by atoms with Gasteiger partial charge in [0, 0.05) is 17.5 Å². The molecule has 1 fully saturated rings. The third-order valence-electron chi connectivity index (χ3n) is 3.96. The van der Waals surface area contributed by atoms with E-state index in [1.807, 2.05) is 19.9 Å². The number of hydrogen-bond donors (Lipinski definition) is 1. The van der Waals surface area contributed by atoms with Gasteiger partial charge in [0.05, 0.1) is 6.04 Å². The highest BCUT2D eigenvalue weighted by Crippen LogP contribution is 2.34. The van der Waals surface area contributed by atoms with Gasteiger partial charge < -0.3 is 9.63 Å². The lowest BCUT2D eigenvalue weighted by Crippen LogP contribution is -2.23. The minimum absolute atomic E-state index is 0.273. The Bertz CT molecular complexity index is 662. The van der Waals surface area contributed by atoms with Gasteiger partial charge in [-0.05, 0) is 44.9 Å². The first-order valence-corrected chi connectivity index (χ1v) is 7.86. The zero-order valence-electron chi connectivity index (χ0n) is 12.1. The van der Waals surface area contributed by atoms with Gasteiger partial charge in [0.1, 0.15) is 16.3 Å². The average molecular weight is 306 g/mol. The lowest BCUT2D eigenvalue weighted by atomic mass is 10.1. The van der Waals surface area contributed by atoms with Crippen molar-refractivity contribution in [1.82, 2.24) is 10.1 Å². The summed E-state index contributed by atoms with van der Waals surface area (Å²) < 4.78 is 5.18. The second-order valence-electron chi connectivity index (χ2n) is 5.49. The van der Waals surface area contributed by atoms with E-state index in [-0.39, 0.29) is 6.04 Å². The molecule has 5 nitrogen and oxygen atoms in total. The van der Waals surface area contributed by atoms with Crippen molar-refractivity contribution >= 4 is 17.3 Å². The van der Waals surface area contributed by atoms with Crippen molar-refractivity contribution in [2.75, 3.05) is 6.54 Å².